The Bertz CT molecular complexity index is 434. The Morgan fingerprint density at radius 3 is 2.72 bits per heavy atom. The number of hydrogen-bond donors (Lipinski definition) is 3. The lowest BCUT2D eigenvalue weighted by Gasteiger charge is -2.17. The summed E-state index contributed by atoms with van der Waals surface area (Å²) in [5, 5.41) is 5.41. The molecule has 0 radical (unpaired) electrons. The van der Waals surface area contributed by atoms with Crippen LogP contribution in [0.3, 0.4) is 0 Å². The third kappa shape index (κ3) is 4.06. The van der Waals surface area contributed by atoms with Gasteiger partial charge in [-0.3, -0.25) is 4.79 Å². The number of nitrogens with one attached hydrogen (secondary N) is 2. The number of amides is 3. The average molecular weight is 250 g/mol. The van der Waals surface area contributed by atoms with E-state index in [0.29, 0.717) is 17.8 Å². The number of hydrogen-bond acceptors (Lipinski definition) is 3. The maximum absolute atomic E-state index is 12.0. The fraction of sp³-hybridized carbons (Fsp3) is 0.333. The van der Waals surface area contributed by atoms with Crippen molar-refractivity contribution >= 4 is 17.6 Å². The van der Waals surface area contributed by atoms with E-state index in [1.54, 1.807) is 36.2 Å². The van der Waals surface area contributed by atoms with Gasteiger partial charge in [0, 0.05) is 31.4 Å². The molecule has 0 fully saturated rings. The summed E-state index contributed by atoms with van der Waals surface area (Å²) in [6, 6.07) is 6.02. The molecular formula is C12H18N4O2. The second kappa shape index (κ2) is 6.61. The van der Waals surface area contributed by atoms with Gasteiger partial charge in [0.2, 0.25) is 0 Å². The molecule has 0 heterocycles. The van der Waals surface area contributed by atoms with Gasteiger partial charge < -0.3 is 21.3 Å². The van der Waals surface area contributed by atoms with Crippen molar-refractivity contribution in [2.24, 2.45) is 5.73 Å². The molecule has 0 saturated heterocycles. The molecule has 1 aromatic rings. The van der Waals surface area contributed by atoms with E-state index in [-0.39, 0.29) is 5.91 Å². The monoisotopic (exact) mass is 250 g/mol. The van der Waals surface area contributed by atoms with Crippen LogP contribution >= 0.6 is 0 Å². The van der Waals surface area contributed by atoms with Crippen LogP contribution in [0.4, 0.5) is 10.5 Å². The molecule has 0 bridgehead atoms. The van der Waals surface area contributed by atoms with Crippen molar-refractivity contribution in [1.82, 2.24) is 10.2 Å². The lowest BCUT2D eigenvalue weighted by molar-refractivity contribution is 0.0797. The smallest absolute Gasteiger partial charge is 0.316 e. The summed E-state index contributed by atoms with van der Waals surface area (Å²) in [6.07, 6.45) is 0. The Morgan fingerprint density at radius 2 is 2.11 bits per heavy atom. The van der Waals surface area contributed by atoms with Gasteiger partial charge in [-0.1, -0.05) is 6.07 Å². The summed E-state index contributed by atoms with van der Waals surface area (Å²) in [6.45, 7) is 1.34. The number of nitrogens with zero attached hydrogens (tertiary/aromatic N) is 1. The van der Waals surface area contributed by atoms with Gasteiger partial charge in [-0.2, -0.15) is 0 Å². The van der Waals surface area contributed by atoms with Crippen LogP contribution in [-0.4, -0.2) is 44.0 Å². The van der Waals surface area contributed by atoms with Crippen LogP contribution in [0.2, 0.25) is 0 Å². The van der Waals surface area contributed by atoms with E-state index in [9.17, 15) is 9.59 Å². The molecule has 0 atom stereocenters. The zero-order chi connectivity index (χ0) is 13.5. The van der Waals surface area contributed by atoms with Gasteiger partial charge in [-0.25, -0.2) is 4.79 Å². The van der Waals surface area contributed by atoms with E-state index in [2.05, 4.69) is 10.6 Å². The summed E-state index contributed by atoms with van der Waals surface area (Å²) in [7, 11) is 3.56. The Hall–Kier alpha value is -2.08. The van der Waals surface area contributed by atoms with Gasteiger partial charge in [0.25, 0.3) is 5.91 Å². The first-order valence-electron chi connectivity index (χ1n) is 5.61. The maximum Gasteiger partial charge on any atom is 0.316 e. The fourth-order valence-electron chi connectivity index (χ4n) is 1.47. The molecule has 0 unspecified atom stereocenters. The minimum Gasteiger partial charge on any atom is -0.351 e. The first-order valence-corrected chi connectivity index (χ1v) is 5.61. The van der Waals surface area contributed by atoms with E-state index in [1.807, 2.05) is 7.05 Å². The fourth-order valence-corrected chi connectivity index (χ4v) is 1.47. The number of carbonyl (C=O) groups is 2. The van der Waals surface area contributed by atoms with Crippen molar-refractivity contribution in [3.8, 4) is 0 Å². The second-order valence-electron chi connectivity index (χ2n) is 3.90. The van der Waals surface area contributed by atoms with Crippen molar-refractivity contribution in [1.29, 1.82) is 0 Å². The third-order valence-corrected chi connectivity index (χ3v) is 2.42. The Labute approximate surface area is 106 Å². The molecule has 1 rings (SSSR count). The van der Waals surface area contributed by atoms with Gasteiger partial charge in [-0.05, 0) is 25.2 Å². The molecule has 0 aliphatic carbocycles. The van der Waals surface area contributed by atoms with Gasteiger partial charge in [0.15, 0.2) is 0 Å². The molecule has 0 aliphatic rings. The second-order valence-corrected chi connectivity index (χ2v) is 3.90. The SMILES string of the molecule is CNCCN(C)C(=O)c1cccc(NC(N)=O)c1. The summed E-state index contributed by atoms with van der Waals surface area (Å²) in [4.78, 5) is 24.4. The number of anilines is 1. The Balaban J connectivity index is 2.76. The van der Waals surface area contributed by atoms with Crippen LogP contribution in [0.25, 0.3) is 0 Å². The van der Waals surface area contributed by atoms with Gasteiger partial charge in [0.1, 0.15) is 0 Å². The van der Waals surface area contributed by atoms with Gasteiger partial charge in [-0.15, -0.1) is 0 Å². The summed E-state index contributed by atoms with van der Waals surface area (Å²) in [5.41, 5.74) is 6.05. The highest BCUT2D eigenvalue weighted by atomic mass is 16.2. The summed E-state index contributed by atoms with van der Waals surface area (Å²) >= 11 is 0. The quantitative estimate of drug-likeness (QED) is 0.709. The Kier molecular flexibility index (Phi) is 5.13. The van der Waals surface area contributed by atoms with Crippen LogP contribution in [-0.2, 0) is 0 Å². The number of rotatable bonds is 5. The van der Waals surface area contributed by atoms with Gasteiger partial charge >= 0.3 is 6.03 Å². The number of benzene rings is 1. The number of nitrogens with two attached hydrogens (primary N) is 1. The largest absolute Gasteiger partial charge is 0.351 e. The highest BCUT2D eigenvalue weighted by molar-refractivity contribution is 5.96. The van der Waals surface area contributed by atoms with Crippen molar-refractivity contribution in [3.05, 3.63) is 29.8 Å². The van der Waals surface area contributed by atoms with Crippen molar-refractivity contribution < 1.29 is 9.59 Å². The van der Waals surface area contributed by atoms with Crippen LogP contribution < -0.4 is 16.4 Å². The van der Waals surface area contributed by atoms with E-state index in [0.717, 1.165) is 6.54 Å². The standard InChI is InChI=1S/C12H18N4O2/c1-14-6-7-16(2)11(17)9-4-3-5-10(8-9)15-12(13)18/h3-5,8,14H,6-7H2,1-2H3,(H3,13,15,18). The molecular weight excluding hydrogens is 232 g/mol. The highest BCUT2D eigenvalue weighted by Gasteiger charge is 2.11. The molecule has 0 aromatic heterocycles. The molecule has 6 nitrogen and oxygen atoms in total. The lowest BCUT2D eigenvalue weighted by Crippen LogP contribution is -2.32. The number of likely N-dealkylation sites (N-methyl/N-ethyl adjacent to an activating group) is 2. The molecule has 0 spiro atoms. The molecule has 18 heavy (non-hydrogen) atoms. The predicted molar refractivity (Wildman–Crippen MR) is 70.5 cm³/mol. The number of primary amides is 1. The summed E-state index contributed by atoms with van der Waals surface area (Å²) in [5.74, 6) is -0.0987. The van der Waals surface area contributed by atoms with E-state index in [1.165, 1.54) is 0 Å². The van der Waals surface area contributed by atoms with Crippen molar-refractivity contribution in [2.45, 2.75) is 0 Å². The van der Waals surface area contributed by atoms with Crippen LogP contribution in [0.15, 0.2) is 24.3 Å². The molecule has 6 heteroatoms. The number of carbonyl (C=O) groups excluding carboxylic acids is 2. The van der Waals surface area contributed by atoms with Gasteiger partial charge in [0.05, 0.1) is 0 Å². The first-order chi connectivity index (χ1) is 8.54. The topological polar surface area (TPSA) is 87.5 Å². The zero-order valence-corrected chi connectivity index (χ0v) is 10.6. The highest BCUT2D eigenvalue weighted by Crippen LogP contribution is 2.11. The minimum atomic E-state index is -0.650. The molecule has 1 aromatic carbocycles. The van der Waals surface area contributed by atoms with E-state index in [4.69, 9.17) is 5.73 Å². The molecule has 4 N–H and O–H groups in total. The minimum absolute atomic E-state index is 0.0987. The Morgan fingerprint density at radius 1 is 1.39 bits per heavy atom. The summed E-state index contributed by atoms with van der Waals surface area (Å²) < 4.78 is 0. The van der Waals surface area contributed by atoms with Crippen LogP contribution in [0.5, 0.6) is 0 Å². The lowest BCUT2D eigenvalue weighted by atomic mass is 10.2. The van der Waals surface area contributed by atoms with Crippen LogP contribution in [0, 0.1) is 0 Å². The first kappa shape index (κ1) is 14.0. The number of urea groups is 1. The maximum atomic E-state index is 12.0. The molecule has 3 amide bonds. The third-order valence-electron chi connectivity index (χ3n) is 2.42. The predicted octanol–water partition coefficient (Wildman–Crippen LogP) is 0.469. The van der Waals surface area contributed by atoms with Crippen molar-refractivity contribution in [3.63, 3.8) is 0 Å². The molecule has 98 valence electrons. The molecule has 0 aliphatic heterocycles. The zero-order valence-electron chi connectivity index (χ0n) is 10.6. The van der Waals surface area contributed by atoms with E-state index < -0.39 is 6.03 Å². The van der Waals surface area contributed by atoms with Crippen molar-refractivity contribution in [2.75, 3.05) is 32.5 Å². The normalized spacial score (nSPS) is 9.89. The molecule has 0 saturated carbocycles. The average Bonchev–Trinajstić information content (AvgIpc) is 2.34. The van der Waals surface area contributed by atoms with Crippen LogP contribution in [0.1, 0.15) is 10.4 Å². The van der Waals surface area contributed by atoms with E-state index >= 15 is 0 Å².